The van der Waals surface area contributed by atoms with Crippen LogP contribution in [0, 0.1) is 0 Å². The van der Waals surface area contributed by atoms with E-state index in [-0.39, 0.29) is 0 Å². The molecule has 1 unspecified atom stereocenters. The van der Waals surface area contributed by atoms with Crippen LogP contribution in [-0.2, 0) is 4.74 Å². The molecule has 1 rings (SSSR count). The maximum Gasteiger partial charge on any atom is 0.0637 e. The number of methoxy groups -OCH3 is 1. The number of rotatable bonds is 6. The van der Waals surface area contributed by atoms with Gasteiger partial charge in [-0.25, -0.2) is 0 Å². The van der Waals surface area contributed by atoms with Crippen molar-refractivity contribution in [1.82, 2.24) is 5.32 Å². The highest BCUT2D eigenvalue weighted by Gasteiger charge is 2.12. The number of anilines is 1. The standard InChI is InChI=1S/C13H21BrN2O/c1-10(15-2)12-9-11(14)5-6-13(12)16(3)7-8-17-4/h5-6,9-10,15H,7-8H2,1-4H3. The SMILES string of the molecule is CNC(C)c1cc(Br)ccc1N(C)CCOC. The van der Waals surface area contributed by atoms with Gasteiger partial charge in [0.25, 0.3) is 0 Å². The fourth-order valence-corrected chi connectivity index (χ4v) is 2.10. The topological polar surface area (TPSA) is 24.5 Å². The zero-order chi connectivity index (χ0) is 12.8. The van der Waals surface area contributed by atoms with Crippen LogP contribution < -0.4 is 10.2 Å². The number of benzene rings is 1. The molecule has 0 aliphatic heterocycles. The first kappa shape index (κ1) is 14.5. The van der Waals surface area contributed by atoms with E-state index in [2.05, 4.69) is 58.3 Å². The molecule has 96 valence electrons. The van der Waals surface area contributed by atoms with E-state index in [1.54, 1.807) is 7.11 Å². The normalized spacial score (nSPS) is 12.5. The van der Waals surface area contributed by atoms with Crippen LogP contribution in [0.3, 0.4) is 0 Å². The molecule has 0 fully saturated rings. The average Bonchev–Trinajstić information content (AvgIpc) is 2.34. The lowest BCUT2D eigenvalue weighted by Gasteiger charge is -2.25. The highest BCUT2D eigenvalue weighted by atomic mass is 79.9. The molecular formula is C13H21BrN2O. The van der Waals surface area contributed by atoms with Gasteiger partial charge in [0.1, 0.15) is 0 Å². The van der Waals surface area contributed by atoms with Gasteiger partial charge in [-0.15, -0.1) is 0 Å². The smallest absolute Gasteiger partial charge is 0.0637 e. The minimum Gasteiger partial charge on any atom is -0.383 e. The van der Waals surface area contributed by atoms with Gasteiger partial charge in [-0.1, -0.05) is 15.9 Å². The third-order valence-electron chi connectivity index (χ3n) is 2.93. The fourth-order valence-electron chi connectivity index (χ4n) is 1.72. The van der Waals surface area contributed by atoms with Crippen molar-refractivity contribution in [3.05, 3.63) is 28.2 Å². The summed E-state index contributed by atoms with van der Waals surface area (Å²) in [5, 5.41) is 3.28. The van der Waals surface area contributed by atoms with Crippen LogP contribution in [0.2, 0.25) is 0 Å². The van der Waals surface area contributed by atoms with Crippen molar-refractivity contribution >= 4 is 21.6 Å². The van der Waals surface area contributed by atoms with Gasteiger partial charge in [0.2, 0.25) is 0 Å². The second-order valence-corrected chi connectivity index (χ2v) is 5.04. The quantitative estimate of drug-likeness (QED) is 0.874. The summed E-state index contributed by atoms with van der Waals surface area (Å²) in [5.41, 5.74) is 2.53. The molecule has 0 heterocycles. The van der Waals surface area contributed by atoms with Crippen molar-refractivity contribution in [2.24, 2.45) is 0 Å². The number of hydrogen-bond acceptors (Lipinski definition) is 3. The van der Waals surface area contributed by atoms with E-state index in [4.69, 9.17) is 4.74 Å². The lowest BCUT2D eigenvalue weighted by atomic mass is 10.1. The maximum absolute atomic E-state index is 5.12. The van der Waals surface area contributed by atoms with Gasteiger partial charge in [-0.3, -0.25) is 0 Å². The van der Waals surface area contributed by atoms with E-state index in [1.165, 1.54) is 11.3 Å². The van der Waals surface area contributed by atoms with Crippen molar-refractivity contribution in [2.75, 3.05) is 39.3 Å². The zero-order valence-corrected chi connectivity index (χ0v) is 12.5. The van der Waals surface area contributed by atoms with Crippen LogP contribution in [0.25, 0.3) is 0 Å². The van der Waals surface area contributed by atoms with E-state index in [9.17, 15) is 0 Å². The summed E-state index contributed by atoms with van der Waals surface area (Å²) < 4.78 is 6.23. The molecule has 0 bridgehead atoms. The summed E-state index contributed by atoms with van der Waals surface area (Å²) in [5.74, 6) is 0. The molecule has 0 saturated heterocycles. The van der Waals surface area contributed by atoms with Gasteiger partial charge in [-0.2, -0.15) is 0 Å². The van der Waals surface area contributed by atoms with Crippen molar-refractivity contribution in [1.29, 1.82) is 0 Å². The van der Waals surface area contributed by atoms with Crippen molar-refractivity contribution in [2.45, 2.75) is 13.0 Å². The van der Waals surface area contributed by atoms with E-state index >= 15 is 0 Å². The first-order valence-corrected chi connectivity index (χ1v) is 6.56. The van der Waals surface area contributed by atoms with Gasteiger partial charge in [0.15, 0.2) is 0 Å². The number of likely N-dealkylation sites (N-methyl/N-ethyl adjacent to an activating group) is 1. The molecule has 0 aromatic heterocycles. The second-order valence-electron chi connectivity index (χ2n) is 4.13. The Morgan fingerprint density at radius 1 is 1.47 bits per heavy atom. The van der Waals surface area contributed by atoms with Gasteiger partial charge >= 0.3 is 0 Å². The Kier molecular flexibility index (Phi) is 5.95. The number of nitrogens with one attached hydrogen (secondary N) is 1. The highest BCUT2D eigenvalue weighted by molar-refractivity contribution is 9.10. The summed E-state index contributed by atoms with van der Waals surface area (Å²) in [4.78, 5) is 2.22. The molecule has 17 heavy (non-hydrogen) atoms. The molecule has 0 spiro atoms. The fraction of sp³-hybridized carbons (Fsp3) is 0.538. The third kappa shape index (κ3) is 3.98. The Morgan fingerprint density at radius 3 is 2.76 bits per heavy atom. The molecule has 0 radical (unpaired) electrons. The highest BCUT2D eigenvalue weighted by Crippen LogP contribution is 2.28. The molecule has 4 heteroatoms. The van der Waals surface area contributed by atoms with Crippen LogP contribution in [0.15, 0.2) is 22.7 Å². The molecule has 1 aromatic rings. The largest absolute Gasteiger partial charge is 0.383 e. The van der Waals surface area contributed by atoms with Crippen molar-refractivity contribution < 1.29 is 4.74 Å². The molecule has 0 aliphatic rings. The summed E-state index contributed by atoms with van der Waals surface area (Å²) in [6.07, 6.45) is 0. The molecule has 1 atom stereocenters. The van der Waals surface area contributed by atoms with Crippen molar-refractivity contribution in [3.8, 4) is 0 Å². The average molecular weight is 301 g/mol. The molecule has 1 aromatic carbocycles. The summed E-state index contributed by atoms with van der Waals surface area (Å²) >= 11 is 3.52. The van der Waals surface area contributed by atoms with E-state index in [0.717, 1.165) is 17.6 Å². The van der Waals surface area contributed by atoms with Crippen molar-refractivity contribution in [3.63, 3.8) is 0 Å². The first-order chi connectivity index (χ1) is 8.10. The number of nitrogens with zero attached hydrogens (tertiary/aromatic N) is 1. The Morgan fingerprint density at radius 2 is 2.18 bits per heavy atom. The Bertz CT molecular complexity index is 357. The summed E-state index contributed by atoms with van der Waals surface area (Å²) in [6, 6.07) is 6.71. The zero-order valence-electron chi connectivity index (χ0n) is 11.0. The predicted molar refractivity (Wildman–Crippen MR) is 76.8 cm³/mol. The lowest BCUT2D eigenvalue weighted by Crippen LogP contribution is -2.25. The first-order valence-electron chi connectivity index (χ1n) is 5.77. The van der Waals surface area contributed by atoms with Crippen LogP contribution in [-0.4, -0.2) is 34.4 Å². The molecule has 1 N–H and O–H groups in total. The van der Waals surface area contributed by atoms with E-state index < -0.39 is 0 Å². The van der Waals surface area contributed by atoms with Crippen LogP contribution >= 0.6 is 15.9 Å². The number of halogens is 1. The molecule has 3 nitrogen and oxygen atoms in total. The Balaban J connectivity index is 2.96. The number of hydrogen-bond donors (Lipinski definition) is 1. The minimum absolute atomic E-state index is 0.326. The predicted octanol–water partition coefficient (Wildman–Crippen LogP) is 2.81. The van der Waals surface area contributed by atoms with Gasteiger partial charge in [0, 0.05) is 36.9 Å². The monoisotopic (exact) mass is 300 g/mol. The second kappa shape index (κ2) is 6.99. The van der Waals surface area contributed by atoms with Crippen LogP contribution in [0.4, 0.5) is 5.69 Å². The van der Waals surface area contributed by atoms with Crippen LogP contribution in [0.1, 0.15) is 18.5 Å². The Hall–Kier alpha value is -0.580. The van der Waals surface area contributed by atoms with Crippen LogP contribution in [0.5, 0.6) is 0 Å². The Labute approximate surface area is 112 Å². The maximum atomic E-state index is 5.12. The molecule has 0 saturated carbocycles. The van der Waals surface area contributed by atoms with Gasteiger partial charge in [-0.05, 0) is 37.7 Å². The van der Waals surface area contributed by atoms with E-state index in [1.807, 2.05) is 7.05 Å². The summed E-state index contributed by atoms with van der Waals surface area (Å²) in [6.45, 7) is 3.79. The van der Waals surface area contributed by atoms with E-state index in [0.29, 0.717) is 6.04 Å². The molecule has 0 amide bonds. The molecular weight excluding hydrogens is 280 g/mol. The number of ether oxygens (including phenoxy) is 1. The third-order valence-corrected chi connectivity index (χ3v) is 3.42. The lowest BCUT2D eigenvalue weighted by molar-refractivity contribution is 0.206. The molecule has 0 aliphatic carbocycles. The summed E-state index contributed by atoms with van der Waals surface area (Å²) in [7, 11) is 5.80. The van der Waals surface area contributed by atoms with Gasteiger partial charge < -0.3 is 15.0 Å². The van der Waals surface area contributed by atoms with Gasteiger partial charge in [0.05, 0.1) is 6.61 Å². The minimum atomic E-state index is 0.326.